The van der Waals surface area contributed by atoms with E-state index >= 15 is 0 Å². The van der Waals surface area contributed by atoms with Gasteiger partial charge in [-0.3, -0.25) is 4.79 Å². The first-order chi connectivity index (χ1) is 14.3. The third-order valence-corrected chi connectivity index (χ3v) is 7.48. The highest BCUT2D eigenvalue weighted by atomic mass is 79.9. The van der Waals surface area contributed by atoms with Gasteiger partial charge in [0, 0.05) is 23.2 Å². The molecule has 2 aromatic rings. The van der Waals surface area contributed by atoms with Crippen LogP contribution in [0.1, 0.15) is 36.8 Å². The van der Waals surface area contributed by atoms with Gasteiger partial charge < -0.3 is 10.1 Å². The summed E-state index contributed by atoms with van der Waals surface area (Å²) in [4.78, 5) is 12.5. The van der Waals surface area contributed by atoms with Crippen molar-refractivity contribution in [3.63, 3.8) is 0 Å². The normalized spacial score (nSPS) is 15.4. The summed E-state index contributed by atoms with van der Waals surface area (Å²) in [7, 11) is -3.50. The van der Waals surface area contributed by atoms with Gasteiger partial charge in [0.2, 0.25) is 10.0 Å². The second kappa shape index (κ2) is 9.94. The minimum Gasteiger partial charge on any atom is -0.483 e. The molecule has 1 saturated heterocycles. The van der Waals surface area contributed by atoms with Crippen molar-refractivity contribution in [3.8, 4) is 5.75 Å². The number of carbonyl (C=O) groups is 1. The van der Waals surface area contributed by atoms with Crippen molar-refractivity contribution in [3.05, 3.63) is 52.0 Å². The predicted molar refractivity (Wildman–Crippen MR) is 121 cm³/mol. The standard InChI is InChI=1S/C22H27BrN2O4S/c1-16-13-18(23)14-17(2)22(16)29-15-21(26)24-19-7-9-20(10-8-19)30(27,28)25-11-5-3-4-6-12-25/h7-10,13-14H,3-6,11-12,15H2,1-2H3,(H,24,26). The van der Waals surface area contributed by atoms with Gasteiger partial charge in [-0.25, -0.2) is 8.42 Å². The van der Waals surface area contributed by atoms with E-state index in [1.165, 1.54) is 0 Å². The number of hydrogen-bond donors (Lipinski definition) is 1. The van der Waals surface area contributed by atoms with Crippen molar-refractivity contribution in [2.75, 3.05) is 25.0 Å². The van der Waals surface area contributed by atoms with Crippen LogP contribution in [0, 0.1) is 13.8 Å². The predicted octanol–water partition coefficient (Wildman–Crippen LogP) is 4.65. The summed E-state index contributed by atoms with van der Waals surface area (Å²) >= 11 is 3.44. The molecule has 0 aliphatic carbocycles. The molecule has 0 radical (unpaired) electrons. The van der Waals surface area contributed by atoms with Crippen LogP contribution in [-0.4, -0.2) is 38.3 Å². The fourth-order valence-corrected chi connectivity index (χ4v) is 5.81. The van der Waals surface area contributed by atoms with Gasteiger partial charge in [-0.15, -0.1) is 0 Å². The van der Waals surface area contributed by atoms with Gasteiger partial charge in [-0.1, -0.05) is 28.8 Å². The Morgan fingerprint density at radius 2 is 1.60 bits per heavy atom. The zero-order valence-electron chi connectivity index (χ0n) is 17.3. The van der Waals surface area contributed by atoms with Crippen LogP contribution in [0.25, 0.3) is 0 Å². The number of benzene rings is 2. The van der Waals surface area contributed by atoms with Crippen LogP contribution in [0.3, 0.4) is 0 Å². The molecule has 1 aliphatic heterocycles. The van der Waals surface area contributed by atoms with Crippen molar-refractivity contribution >= 4 is 37.5 Å². The zero-order valence-corrected chi connectivity index (χ0v) is 19.7. The Morgan fingerprint density at radius 1 is 1.03 bits per heavy atom. The average Bonchev–Trinajstić information content (AvgIpc) is 2.97. The van der Waals surface area contributed by atoms with Gasteiger partial charge in [-0.2, -0.15) is 4.31 Å². The van der Waals surface area contributed by atoms with E-state index in [0.29, 0.717) is 24.5 Å². The summed E-state index contributed by atoms with van der Waals surface area (Å²) in [6, 6.07) is 10.2. The van der Waals surface area contributed by atoms with Gasteiger partial charge in [0.05, 0.1) is 4.90 Å². The van der Waals surface area contributed by atoms with Crippen molar-refractivity contribution in [2.45, 2.75) is 44.4 Å². The Kier molecular flexibility index (Phi) is 7.55. The largest absolute Gasteiger partial charge is 0.483 e. The summed E-state index contributed by atoms with van der Waals surface area (Å²) in [5.74, 6) is 0.382. The van der Waals surface area contributed by atoms with Crippen molar-refractivity contribution in [1.29, 1.82) is 0 Å². The Hall–Kier alpha value is -1.90. The number of halogens is 1. The second-order valence-corrected chi connectivity index (χ2v) is 10.4. The number of nitrogens with one attached hydrogen (secondary N) is 1. The Bertz CT molecular complexity index is 975. The molecule has 0 atom stereocenters. The number of amides is 1. The molecule has 0 unspecified atom stereocenters. The van der Waals surface area contributed by atoms with Crippen molar-refractivity contribution in [2.24, 2.45) is 0 Å². The maximum absolute atomic E-state index is 12.8. The van der Waals surface area contributed by atoms with E-state index in [9.17, 15) is 13.2 Å². The molecule has 1 heterocycles. The number of aryl methyl sites for hydroxylation is 2. The lowest BCUT2D eigenvalue weighted by molar-refractivity contribution is -0.118. The van der Waals surface area contributed by atoms with Gasteiger partial charge in [0.15, 0.2) is 6.61 Å². The highest BCUT2D eigenvalue weighted by Gasteiger charge is 2.25. The average molecular weight is 495 g/mol. The maximum Gasteiger partial charge on any atom is 0.262 e. The quantitative estimate of drug-likeness (QED) is 0.633. The first-order valence-electron chi connectivity index (χ1n) is 10.1. The van der Waals surface area contributed by atoms with Crippen LogP contribution in [0.15, 0.2) is 45.8 Å². The Balaban J connectivity index is 1.61. The van der Waals surface area contributed by atoms with Crippen LogP contribution in [0.4, 0.5) is 5.69 Å². The smallest absolute Gasteiger partial charge is 0.262 e. The first-order valence-corrected chi connectivity index (χ1v) is 12.3. The monoisotopic (exact) mass is 494 g/mol. The summed E-state index contributed by atoms with van der Waals surface area (Å²) in [6.07, 6.45) is 3.92. The molecule has 162 valence electrons. The van der Waals surface area contributed by atoms with Gasteiger partial charge in [0.25, 0.3) is 5.91 Å². The van der Waals surface area contributed by atoms with Crippen molar-refractivity contribution in [1.82, 2.24) is 4.31 Å². The fourth-order valence-electron chi connectivity index (χ4n) is 3.60. The lowest BCUT2D eigenvalue weighted by Gasteiger charge is -2.20. The Labute approximate surface area is 186 Å². The topological polar surface area (TPSA) is 75.7 Å². The molecule has 3 rings (SSSR count). The summed E-state index contributed by atoms with van der Waals surface area (Å²) in [5.41, 5.74) is 2.41. The van der Waals surface area contributed by atoms with Gasteiger partial charge in [0.1, 0.15) is 5.75 Å². The van der Waals surface area contributed by atoms with Crippen molar-refractivity contribution < 1.29 is 17.9 Å². The highest BCUT2D eigenvalue weighted by molar-refractivity contribution is 9.10. The first kappa shape index (κ1) is 22.8. The molecule has 1 amide bonds. The third-order valence-electron chi connectivity index (χ3n) is 5.11. The zero-order chi connectivity index (χ0) is 21.7. The van der Waals surface area contributed by atoms with E-state index in [-0.39, 0.29) is 17.4 Å². The van der Waals surface area contributed by atoms with Crippen LogP contribution in [0.5, 0.6) is 5.75 Å². The number of sulfonamides is 1. The summed E-state index contributed by atoms with van der Waals surface area (Å²) in [5, 5.41) is 2.75. The van der Waals surface area contributed by atoms with Crippen LogP contribution in [-0.2, 0) is 14.8 Å². The number of rotatable bonds is 6. The van der Waals surface area contributed by atoms with E-state index in [0.717, 1.165) is 41.3 Å². The van der Waals surface area contributed by atoms with E-state index in [1.54, 1.807) is 28.6 Å². The van der Waals surface area contributed by atoms with E-state index < -0.39 is 10.0 Å². The third kappa shape index (κ3) is 5.62. The number of ether oxygens (including phenoxy) is 1. The van der Waals surface area contributed by atoms with E-state index in [2.05, 4.69) is 21.2 Å². The Morgan fingerprint density at radius 3 is 2.17 bits per heavy atom. The molecule has 0 bridgehead atoms. The number of carbonyl (C=O) groups excluding carboxylic acids is 1. The molecule has 1 fully saturated rings. The molecule has 8 heteroatoms. The SMILES string of the molecule is Cc1cc(Br)cc(C)c1OCC(=O)Nc1ccc(S(=O)(=O)N2CCCCCC2)cc1. The van der Waals surface area contributed by atoms with Crippen LogP contribution < -0.4 is 10.1 Å². The minimum absolute atomic E-state index is 0.128. The summed E-state index contributed by atoms with van der Waals surface area (Å²) < 4.78 is 33.9. The molecule has 0 spiro atoms. The van der Waals surface area contributed by atoms with Crippen LogP contribution >= 0.6 is 15.9 Å². The number of hydrogen-bond acceptors (Lipinski definition) is 4. The molecule has 6 nitrogen and oxygen atoms in total. The van der Waals surface area contributed by atoms with Gasteiger partial charge >= 0.3 is 0 Å². The molecule has 1 aliphatic rings. The minimum atomic E-state index is -3.50. The number of nitrogens with zero attached hydrogens (tertiary/aromatic N) is 1. The molecule has 0 saturated carbocycles. The second-order valence-electron chi connectivity index (χ2n) is 7.55. The van der Waals surface area contributed by atoms with E-state index in [1.807, 2.05) is 26.0 Å². The number of anilines is 1. The lowest BCUT2D eigenvalue weighted by Crippen LogP contribution is -2.31. The molecular weight excluding hydrogens is 468 g/mol. The molecule has 0 aromatic heterocycles. The fraction of sp³-hybridized carbons (Fsp3) is 0.409. The van der Waals surface area contributed by atoms with Crippen LogP contribution in [0.2, 0.25) is 0 Å². The van der Waals surface area contributed by atoms with E-state index in [4.69, 9.17) is 4.74 Å². The lowest BCUT2D eigenvalue weighted by atomic mass is 10.1. The summed E-state index contributed by atoms with van der Waals surface area (Å²) in [6.45, 7) is 4.85. The molecule has 1 N–H and O–H groups in total. The maximum atomic E-state index is 12.8. The molecular formula is C22H27BrN2O4S. The molecule has 2 aromatic carbocycles. The highest BCUT2D eigenvalue weighted by Crippen LogP contribution is 2.27. The van der Waals surface area contributed by atoms with Gasteiger partial charge in [-0.05, 0) is 74.2 Å². The molecule has 30 heavy (non-hydrogen) atoms.